The van der Waals surface area contributed by atoms with Crippen LogP contribution in [-0.4, -0.2) is 19.9 Å². The predicted molar refractivity (Wildman–Crippen MR) is 271 cm³/mol. The predicted octanol–water partition coefficient (Wildman–Crippen LogP) is 15.4. The molecule has 0 unspecified atom stereocenters. The molecule has 314 valence electrons. The van der Waals surface area contributed by atoms with Crippen LogP contribution in [0.2, 0.25) is 0 Å². The van der Waals surface area contributed by atoms with Crippen LogP contribution in [0.5, 0.6) is 0 Å². The highest BCUT2D eigenvalue weighted by Crippen LogP contribution is 2.36. The third-order valence-electron chi connectivity index (χ3n) is 11.8. The first-order valence-corrected chi connectivity index (χ1v) is 22.3. The van der Waals surface area contributed by atoms with Crippen LogP contribution in [0.1, 0.15) is 84.5 Å². The van der Waals surface area contributed by atoms with Crippen molar-refractivity contribution in [2.24, 2.45) is 0 Å². The Morgan fingerprint density at radius 1 is 0.562 bits per heavy atom. The molecule has 8 rings (SSSR count). The van der Waals surface area contributed by atoms with Crippen molar-refractivity contribution in [3.05, 3.63) is 252 Å². The lowest BCUT2D eigenvalue weighted by molar-refractivity contribution is 1.19. The minimum atomic E-state index is 0.734. The average Bonchev–Trinajstić information content (AvgIpc) is 3.62. The SMILES string of the molecule is CC/C=C(\C=C(/C)c1cccnc1)c1cc(C/C=C(\C=C(/CC)c2cccc(-c3cccnc3)c2)c2cccc(-c3cccnc3)c2)c(C)c(C2=CCC=CC(c3cccnc3)=C2)c1. The minimum absolute atomic E-state index is 0.734. The minimum Gasteiger partial charge on any atom is -0.264 e. The van der Waals surface area contributed by atoms with E-state index in [0.29, 0.717) is 0 Å². The molecule has 0 saturated heterocycles. The zero-order chi connectivity index (χ0) is 44.1. The van der Waals surface area contributed by atoms with Crippen molar-refractivity contribution in [3.63, 3.8) is 0 Å². The molecule has 0 saturated carbocycles. The van der Waals surface area contributed by atoms with Gasteiger partial charge in [-0.25, -0.2) is 0 Å². The summed E-state index contributed by atoms with van der Waals surface area (Å²) < 4.78 is 0. The van der Waals surface area contributed by atoms with Crippen LogP contribution < -0.4 is 0 Å². The van der Waals surface area contributed by atoms with E-state index in [1.807, 2.05) is 73.8 Å². The van der Waals surface area contributed by atoms with Gasteiger partial charge in [0.25, 0.3) is 0 Å². The maximum atomic E-state index is 4.45. The summed E-state index contributed by atoms with van der Waals surface area (Å²) in [6, 6.07) is 39.0. The first-order chi connectivity index (χ1) is 31.5. The first kappa shape index (κ1) is 43.1. The molecule has 4 aromatic heterocycles. The molecule has 4 heteroatoms. The molecule has 0 fully saturated rings. The molecule has 0 atom stereocenters. The van der Waals surface area contributed by atoms with Crippen LogP contribution in [0.15, 0.2) is 207 Å². The zero-order valence-electron chi connectivity index (χ0n) is 37.2. The summed E-state index contributed by atoms with van der Waals surface area (Å²) in [5.74, 6) is 0. The van der Waals surface area contributed by atoms with Crippen molar-refractivity contribution < 1.29 is 0 Å². The Kier molecular flexibility index (Phi) is 14.1. The number of allylic oxidation sites excluding steroid dienone is 14. The van der Waals surface area contributed by atoms with E-state index in [2.05, 4.69) is 181 Å². The van der Waals surface area contributed by atoms with E-state index in [-0.39, 0.29) is 0 Å². The first-order valence-electron chi connectivity index (χ1n) is 22.3. The van der Waals surface area contributed by atoms with Gasteiger partial charge in [0, 0.05) is 60.7 Å². The van der Waals surface area contributed by atoms with E-state index in [1.54, 1.807) is 0 Å². The second kappa shape index (κ2) is 21.0. The smallest absolute Gasteiger partial charge is 0.0346 e. The molecule has 0 radical (unpaired) electrons. The standard InChI is InChI=1S/C60H54N4/c1-5-15-47(32-43(3)55-22-11-28-61-39-55)59-34-46(44(4)60(38-59)54-17-8-7-16-50(37-54)56-23-12-29-62-40-56)26-27-53(49-19-10-21-52(36-49)58-25-14-31-64-42-58)33-45(6-2)48-18-9-20-51(35-48)57-24-13-30-63-41-57/h7,9-25,27-42H,5-6,8,26H2,1-4H3/b43-32+,45-33+,47-15+,53-27+. The highest BCUT2D eigenvalue weighted by Gasteiger charge is 2.15. The molecule has 0 spiro atoms. The number of rotatable bonds is 14. The van der Waals surface area contributed by atoms with Gasteiger partial charge in [-0.05, 0) is 177 Å². The summed E-state index contributed by atoms with van der Waals surface area (Å²) >= 11 is 0. The Labute approximate surface area is 379 Å². The summed E-state index contributed by atoms with van der Waals surface area (Å²) in [5, 5.41) is 0. The maximum Gasteiger partial charge on any atom is 0.0346 e. The number of benzene rings is 3. The summed E-state index contributed by atoms with van der Waals surface area (Å²) in [6.07, 6.45) is 37.1. The topological polar surface area (TPSA) is 51.6 Å². The van der Waals surface area contributed by atoms with Gasteiger partial charge >= 0.3 is 0 Å². The van der Waals surface area contributed by atoms with E-state index in [0.717, 1.165) is 70.2 Å². The largest absolute Gasteiger partial charge is 0.264 e. The molecule has 3 aromatic carbocycles. The van der Waals surface area contributed by atoms with Crippen LogP contribution in [0.25, 0.3) is 55.7 Å². The van der Waals surface area contributed by atoms with Crippen molar-refractivity contribution in [2.45, 2.75) is 53.4 Å². The molecule has 1 aliphatic rings. The fraction of sp³-hybridized carbons (Fsp3) is 0.133. The van der Waals surface area contributed by atoms with Gasteiger partial charge in [-0.3, -0.25) is 19.9 Å². The summed E-state index contributed by atoms with van der Waals surface area (Å²) in [6.45, 7) is 8.93. The molecule has 4 heterocycles. The number of nitrogens with zero attached hydrogens (tertiary/aromatic N) is 4. The maximum absolute atomic E-state index is 4.45. The summed E-state index contributed by atoms with van der Waals surface area (Å²) in [7, 11) is 0. The quantitative estimate of drug-likeness (QED) is 0.102. The Bertz CT molecular complexity index is 2930. The van der Waals surface area contributed by atoms with Crippen LogP contribution in [0.3, 0.4) is 0 Å². The Morgan fingerprint density at radius 2 is 1.16 bits per heavy atom. The third kappa shape index (κ3) is 10.5. The second-order valence-corrected chi connectivity index (χ2v) is 16.1. The second-order valence-electron chi connectivity index (χ2n) is 16.1. The van der Waals surface area contributed by atoms with Gasteiger partial charge < -0.3 is 0 Å². The average molecular weight is 831 g/mol. The van der Waals surface area contributed by atoms with Crippen LogP contribution in [0.4, 0.5) is 0 Å². The molecule has 0 aliphatic heterocycles. The third-order valence-corrected chi connectivity index (χ3v) is 11.8. The lowest BCUT2D eigenvalue weighted by Crippen LogP contribution is -1.99. The fourth-order valence-electron chi connectivity index (χ4n) is 8.31. The van der Waals surface area contributed by atoms with Crippen LogP contribution in [-0.2, 0) is 6.42 Å². The monoisotopic (exact) mass is 830 g/mol. The van der Waals surface area contributed by atoms with Gasteiger partial charge in [-0.15, -0.1) is 0 Å². The molecule has 1 aliphatic carbocycles. The molecule has 0 N–H and O–H groups in total. The summed E-state index contributed by atoms with van der Waals surface area (Å²) in [4.78, 5) is 17.7. The zero-order valence-corrected chi connectivity index (χ0v) is 37.2. The molecule has 7 aromatic rings. The highest BCUT2D eigenvalue weighted by atomic mass is 14.6. The van der Waals surface area contributed by atoms with Crippen molar-refractivity contribution in [1.29, 1.82) is 0 Å². The Hall–Kier alpha value is -7.56. The molecule has 4 nitrogen and oxygen atoms in total. The van der Waals surface area contributed by atoms with E-state index < -0.39 is 0 Å². The van der Waals surface area contributed by atoms with Gasteiger partial charge in [0.05, 0.1) is 0 Å². The van der Waals surface area contributed by atoms with E-state index in [9.17, 15) is 0 Å². The number of hydrogen-bond acceptors (Lipinski definition) is 4. The normalized spacial score (nSPS) is 13.6. The highest BCUT2D eigenvalue weighted by molar-refractivity contribution is 5.92. The summed E-state index contributed by atoms with van der Waals surface area (Å²) in [5.41, 5.74) is 21.2. The lowest BCUT2D eigenvalue weighted by Gasteiger charge is -2.18. The van der Waals surface area contributed by atoms with E-state index in [4.69, 9.17) is 0 Å². The lowest BCUT2D eigenvalue weighted by atomic mass is 9.87. The van der Waals surface area contributed by atoms with Gasteiger partial charge in [0.1, 0.15) is 0 Å². The molecule has 64 heavy (non-hydrogen) atoms. The number of hydrogen-bond donors (Lipinski definition) is 0. The van der Waals surface area contributed by atoms with Crippen LogP contribution >= 0.6 is 0 Å². The molecule has 0 bridgehead atoms. The Balaban J connectivity index is 1.29. The molecular formula is C60H54N4. The van der Waals surface area contributed by atoms with Gasteiger partial charge in [-0.2, -0.15) is 0 Å². The van der Waals surface area contributed by atoms with Crippen molar-refractivity contribution in [3.8, 4) is 22.3 Å². The van der Waals surface area contributed by atoms with Gasteiger partial charge in [0.2, 0.25) is 0 Å². The van der Waals surface area contributed by atoms with Crippen molar-refractivity contribution in [1.82, 2.24) is 19.9 Å². The van der Waals surface area contributed by atoms with E-state index in [1.165, 1.54) is 55.7 Å². The van der Waals surface area contributed by atoms with Gasteiger partial charge in [0.15, 0.2) is 0 Å². The number of pyridine rings is 4. The van der Waals surface area contributed by atoms with Crippen LogP contribution in [0, 0.1) is 6.92 Å². The number of aromatic nitrogens is 4. The van der Waals surface area contributed by atoms with Gasteiger partial charge in [-0.1, -0.05) is 123 Å². The van der Waals surface area contributed by atoms with Crippen molar-refractivity contribution in [2.75, 3.05) is 0 Å². The fourth-order valence-corrected chi connectivity index (χ4v) is 8.31. The Morgan fingerprint density at radius 3 is 1.78 bits per heavy atom. The van der Waals surface area contributed by atoms with Crippen molar-refractivity contribution >= 4 is 33.4 Å². The molecule has 0 amide bonds. The molecular weight excluding hydrogens is 777 g/mol. The van der Waals surface area contributed by atoms with E-state index >= 15 is 0 Å².